The minimum atomic E-state index is 0.0539. The highest BCUT2D eigenvalue weighted by Crippen LogP contribution is 2.19. The molecule has 1 saturated carbocycles. The molecule has 0 unspecified atom stereocenters. The van der Waals surface area contributed by atoms with Crippen LogP contribution in [0.1, 0.15) is 44.3 Å². The Labute approximate surface area is 160 Å². The van der Waals surface area contributed by atoms with Crippen LogP contribution in [0.5, 0.6) is 0 Å². The summed E-state index contributed by atoms with van der Waals surface area (Å²) in [6.07, 6.45) is 9.99. The smallest absolute Gasteiger partial charge is 0.240 e. The molecule has 2 N–H and O–H groups in total. The average Bonchev–Trinajstić information content (AvgIpc) is 2.82. The van der Waals surface area contributed by atoms with E-state index in [0.29, 0.717) is 19.1 Å². The monoisotopic (exact) mass is 374 g/mol. The van der Waals surface area contributed by atoms with Crippen LogP contribution in [0.15, 0.2) is 24.3 Å². The summed E-state index contributed by atoms with van der Waals surface area (Å²) in [6.45, 7) is 1.86. The Morgan fingerprint density at radius 3 is 2.73 bits per heavy atom. The zero-order valence-corrected chi connectivity index (χ0v) is 16.5. The second-order valence-electron chi connectivity index (χ2n) is 7.03. The van der Waals surface area contributed by atoms with E-state index in [1.54, 1.807) is 11.8 Å². The van der Waals surface area contributed by atoms with Gasteiger partial charge in [-0.3, -0.25) is 4.79 Å². The zero-order chi connectivity index (χ0) is 18.2. The van der Waals surface area contributed by atoms with Gasteiger partial charge in [0.2, 0.25) is 5.91 Å². The predicted molar refractivity (Wildman–Crippen MR) is 109 cm³/mol. The highest BCUT2D eigenvalue weighted by Gasteiger charge is 2.14. The highest BCUT2D eigenvalue weighted by atomic mass is 32.2. The van der Waals surface area contributed by atoms with Crippen molar-refractivity contribution in [2.45, 2.75) is 56.9 Å². The summed E-state index contributed by atoms with van der Waals surface area (Å²) in [5.74, 6) is 1.83. The van der Waals surface area contributed by atoms with E-state index >= 15 is 0 Å². The van der Waals surface area contributed by atoms with Crippen LogP contribution in [0, 0.1) is 0 Å². The first-order chi connectivity index (χ1) is 12.8. The van der Waals surface area contributed by atoms with Gasteiger partial charge < -0.3 is 15.2 Å². The summed E-state index contributed by atoms with van der Waals surface area (Å²) in [7, 11) is 0. The molecule has 0 spiro atoms. The molecule has 0 radical (unpaired) electrons. The third-order valence-corrected chi connectivity index (χ3v) is 5.59. The lowest BCUT2D eigenvalue weighted by molar-refractivity contribution is -0.121. The van der Waals surface area contributed by atoms with E-state index < -0.39 is 0 Å². The van der Waals surface area contributed by atoms with E-state index in [1.165, 1.54) is 38.5 Å². The summed E-state index contributed by atoms with van der Waals surface area (Å²) in [5, 5.41) is 6.65. The van der Waals surface area contributed by atoms with Gasteiger partial charge in [0.05, 0.1) is 16.8 Å². The Kier molecular flexibility index (Phi) is 7.38. The van der Waals surface area contributed by atoms with Gasteiger partial charge in [0.15, 0.2) is 0 Å². The van der Waals surface area contributed by atoms with Gasteiger partial charge >= 0.3 is 0 Å². The molecule has 0 bridgehead atoms. The maximum absolute atomic E-state index is 12.4. The lowest BCUT2D eigenvalue weighted by atomic mass is 10.1. The number of para-hydroxylation sites is 2. The van der Waals surface area contributed by atoms with Crippen LogP contribution in [0.3, 0.4) is 0 Å². The van der Waals surface area contributed by atoms with Crippen molar-refractivity contribution in [3.8, 4) is 0 Å². The zero-order valence-electron chi connectivity index (χ0n) is 15.7. The third kappa shape index (κ3) is 5.24. The molecular formula is C20H30N4OS. The molecule has 1 aliphatic carbocycles. The second-order valence-corrected chi connectivity index (χ2v) is 7.89. The fourth-order valence-corrected chi connectivity index (χ4v) is 4.18. The van der Waals surface area contributed by atoms with E-state index in [9.17, 15) is 4.79 Å². The van der Waals surface area contributed by atoms with Crippen LogP contribution >= 0.6 is 11.8 Å². The largest absolute Gasteiger partial charge is 0.353 e. The SMILES string of the molecule is CSCc1nc2ccccc2n1CC(=O)NCCNC1CCCCCC1. The summed E-state index contributed by atoms with van der Waals surface area (Å²) >= 11 is 1.73. The summed E-state index contributed by atoms with van der Waals surface area (Å²) in [4.78, 5) is 17.1. The van der Waals surface area contributed by atoms with Gasteiger partial charge in [-0.1, -0.05) is 37.8 Å². The van der Waals surface area contributed by atoms with Crippen LogP contribution in [0.4, 0.5) is 0 Å². The number of carbonyl (C=O) groups is 1. The van der Waals surface area contributed by atoms with Crippen LogP contribution in [0.2, 0.25) is 0 Å². The molecule has 0 atom stereocenters. The molecule has 5 nitrogen and oxygen atoms in total. The van der Waals surface area contributed by atoms with Crippen molar-refractivity contribution in [2.75, 3.05) is 19.3 Å². The number of rotatable bonds is 8. The number of aromatic nitrogens is 2. The maximum Gasteiger partial charge on any atom is 0.240 e. The number of carbonyl (C=O) groups excluding carboxylic acids is 1. The first kappa shape index (κ1) is 19.2. The Bertz CT molecular complexity index is 707. The average molecular weight is 375 g/mol. The van der Waals surface area contributed by atoms with Crippen molar-refractivity contribution in [3.05, 3.63) is 30.1 Å². The normalized spacial score (nSPS) is 15.9. The van der Waals surface area contributed by atoms with Gasteiger partial charge in [0.1, 0.15) is 12.4 Å². The lowest BCUT2D eigenvalue weighted by Crippen LogP contribution is -2.38. The number of benzene rings is 1. The number of amides is 1. The maximum atomic E-state index is 12.4. The minimum Gasteiger partial charge on any atom is -0.353 e. The summed E-state index contributed by atoms with van der Waals surface area (Å²) < 4.78 is 2.04. The van der Waals surface area contributed by atoms with Crippen LogP contribution in [0.25, 0.3) is 11.0 Å². The number of nitrogens with one attached hydrogen (secondary N) is 2. The number of imidazole rings is 1. The van der Waals surface area contributed by atoms with Crippen LogP contribution in [-0.2, 0) is 17.1 Å². The molecule has 1 aliphatic rings. The number of fused-ring (bicyclic) bond motifs is 1. The first-order valence-corrected chi connectivity index (χ1v) is 11.1. The number of hydrogen-bond acceptors (Lipinski definition) is 4. The molecular weight excluding hydrogens is 344 g/mol. The van der Waals surface area contributed by atoms with Gasteiger partial charge in [-0.25, -0.2) is 4.98 Å². The van der Waals surface area contributed by atoms with Crippen LogP contribution in [-0.4, -0.2) is 40.8 Å². The van der Waals surface area contributed by atoms with E-state index in [2.05, 4.69) is 21.9 Å². The van der Waals surface area contributed by atoms with E-state index in [-0.39, 0.29) is 5.91 Å². The predicted octanol–water partition coefficient (Wildman–Crippen LogP) is 3.33. The molecule has 3 rings (SSSR count). The fourth-order valence-electron chi connectivity index (χ4n) is 3.70. The summed E-state index contributed by atoms with van der Waals surface area (Å²) in [6, 6.07) is 8.65. The molecule has 0 aliphatic heterocycles. The Morgan fingerprint density at radius 1 is 1.19 bits per heavy atom. The van der Waals surface area contributed by atoms with Gasteiger partial charge in [-0.15, -0.1) is 0 Å². The molecule has 1 fully saturated rings. The molecule has 1 amide bonds. The highest BCUT2D eigenvalue weighted by molar-refractivity contribution is 7.97. The van der Waals surface area contributed by atoms with Gasteiger partial charge in [0, 0.05) is 19.1 Å². The molecule has 142 valence electrons. The fraction of sp³-hybridized carbons (Fsp3) is 0.600. The van der Waals surface area contributed by atoms with E-state index in [4.69, 9.17) is 0 Å². The van der Waals surface area contributed by atoms with Gasteiger partial charge in [-0.05, 0) is 31.2 Å². The lowest BCUT2D eigenvalue weighted by Gasteiger charge is -2.16. The topological polar surface area (TPSA) is 59.0 Å². The van der Waals surface area contributed by atoms with Crippen molar-refractivity contribution in [1.82, 2.24) is 20.2 Å². The van der Waals surface area contributed by atoms with Gasteiger partial charge in [0.25, 0.3) is 0 Å². The van der Waals surface area contributed by atoms with Crippen molar-refractivity contribution in [2.24, 2.45) is 0 Å². The van der Waals surface area contributed by atoms with Crippen molar-refractivity contribution in [3.63, 3.8) is 0 Å². The molecule has 1 aromatic carbocycles. The number of thioether (sulfide) groups is 1. The molecule has 1 aromatic heterocycles. The molecule has 1 heterocycles. The molecule has 26 heavy (non-hydrogen) atoms. The van der Waals surface area contributed by atoms with Crippen molar-refractivity contribution >= 4 is 28.7 Å². The van der Waals surface area contributed by atoms with E-state index in [1.807, 2.05) is 28.8 Å². The Balaban J connectivity index is 1.50. The number of nitrogens with zero attached hydrogens (tertiary/aromatic N) is 2. The van der Waals surface area contributed by atoms with Crippen molar-refractivity contribution < 1.29 is 4.79 Å². The minimum absolute atomic E-state index is 0.0539. The first-order valence-electron chi connectivity index (χ1n) is 9.71. The third-order valence-electron chi connectivity index (χ3n) is 5.04. The van der Waals surface area contributed by atoms with Crippen molar-refractivity contribution in [1.29, 1.82) is 0 Å². The molecule has 0 saturated heterocycles. The van der Waals surface area contributed by atoms with Crippen LogP contribution < -0.4 is 10.6 Å². The van der Waals surface area contributed by atoms with E-state index in [0.717, 1.165) is 29.2 Å². The quantitative estimate of drug-likeness (QED) is 0.550. The second kappa shape index (κ2) is 9.97. The Hall–Kier alpha value is -1.53. The Morgan fingerprint density at radius 2 is 1.96 bits per heavy atom. The number of hydrogen-bond donors (Lipinski definition) is 2. The standard InChI is InChI=1S/C20H30N4OS/c1-26-15-19-23-17-10-6-7-11-18(17)24(19)14-20(25)22-13-12-21-16-8-4-2-3-5-9-16/h6-7,10-11,16,21H,2-5,8-9,12-15H2,1H3,(H,22,25). The molecule has 2 aromatic rings. The summed E-state index contributed by atoms with van der Waals surface area (Å²) in [5.41, 5.74) is 1.99. The molecule has 6 heteroatoms. The van der Waals surface area contributed by atoms with Gasteiger partial charge in [-0.2, -0.15) is 11.8 Å².